The zero-order chi connectivity index (χ0) is 12.4. The summed E-state index contributed by atoms with van der Waals surface area (Å²) in [6, 6.07) is 7.11. The van der Waals surface area contributed by atoms with E-state index in [4.69, 9.17) is 5.11 Å². The molecule has 0 bridgehead atoms. The summed E-state index contributed by atoms with van der Waals surface area (Å²) in [5.41, 5.74) is 0.766. The first kappa shape index (κ1) is 12.1. The highest BCUT2D eigenvalue weighted by Crippen LogP contribution is 2.29. The number of carboxylic acids is 1. The standard InChI is InChI=1S/C12H12BrNO3/c13-8-1-3-9(4-2-8)14-10(7-12(16)17)5-6-11(14)15/h1-4,10H,5-7H2,(H,16,17). The van der Waals surface area contributed by atoms with Crippen molar-refractivity contribution >= 4 is 33.5 Å². The Balaban J connectivity index is 2.24. The SMILES string of the molecule is O=C(O)CC1CCC(=O)N1c1ccc(Br)cc1. The molecule has 1 aromatic carbocycles. The smallest absolute Gasteiger partial charge is 0.305 e. The quantitative estimate of drug-likeness (QED) is 0.932. The van der Waals surface area contributed by atoms with Crippen LogP contribution in [0.25, 0.3) is 0 Å². The molecule has 0 aromatic heterocycles. The number of carbonyl (C=O) groups excluding carboxylic acids is 1. The highest BCUT2D eigenvalue weighted by Gasteiger charge is 2.33. The van der Waals surface area contributed by atoms with E-state index in [-0.39, 0.29) is 18.4 Å². The summed E-state index contributed by atoms with van der Waals surface area (Å²) in [5.74, 6) is -0.870. The number of benzene rings is 1. The summed E-state index contributed by atoms with van der Waals surface area (Å²) in [6.45, 7) is 0. The van der Waals surface area contributed by atoms with Crippen LogP contribution in [0.4, 0.5) is 5.69 Å². The number of amides is 1. The Labute approximate surface area is 107 Å². The first-order valence-corrected chi connectivity index (χ1v) is 6.16. The van der Waals surface area contributed by atoms with Gasteiger partial charge in [-0.1, -0.05) is 15.9 Å². The van der Waals surface area contributed by atoms with Gasteiger partial charge in [0.2, 0.25) is 5.91 Å². The molecular formula is C12H12BrNO3. The van der Waals surface area contributed by atoms with E-state index in [1.54, 1.807) is 4.90 Å². The summed E-state index contributed by atoms with van der Waals surface area (Å²) in [4.78, 5) is 24.1. The van der Waals surface area contributed by atoms with Gasteiger partial charge in [-0.2, -0.15) is 0 Å². The molecule has 2 rings (SSSR count). The van der Waals surface area contributed by atoms with Gasteiger partial charge in [-0.05, 0) is 30.7 Å². The van der Waals surface area contributed by atoms with Crippen LogP contribution in [0.5, 0.6) is 0 Å². The molecule has 1 aromatic rings. The van der Waals surface area contributed by atoms with Gasteiger partial charge in [0, 0.05) is 22.6 Å². The van der Waals surface area contributed by atoms with Crippen LogP contribution in [0.15, 0.2) is 28.7 Å². The molecule has 17 heavy (non-hydrogen) atoms. The lowest BCUT2D eigenvalue weighted by atomic mass is 10.1. The van der Waals surface area contributed by atoms with Crippen molar-refractivity contribution < 1.29 is 14.7 Å². The fourth-order valence-corrected chi connectivity index (χ4v) is 2.36. The number of halogens is 1. The summed E-state index contributed by atoms with van der Waals surface area (Å²) >= 11 is 3.33. The molecule has 0 saturated carbocycles. The number of carbonyl (C=O) groups is 2. The van der Waals surface area contributed by atoms with Crippen LogP contribution in [-0.4, -0.2) is 23.0 Å². The summed E-state index contributed by atoms with van der Waals surface area (Å²) in [5, 5.41) is 8.82. The molecule has 90 valence electrons. The molecule has 0 radical (unpaired) electrons. The Hall–Kier alpha value is -1.36. The second-order valence-electron chi connectivity index (χ2n) is 4.03. The molecule has 1 heterocycles. The Kier molecular flexibility index (Phi) is 3.47. The van der Waals surface area contributed by atoms with Crippen molar-refractivity contribution in [2.75, 3.05) is 4.90 Å². The van der Waals surface area contributed by atoms with Gasteiger partial charge in [0.25, 0.3) is 0 Å². The van der Waals surface area contributed by atoms with Gasteiger partial charge < -0.3 is 10.0 Å². The van der Waals surface area contributed by atoms with Crippen LogP contribution in [0, 0.1) is 0 Å². The minimum absolute atomic E-state index is 0.00132. The van der Waals surface area contributed by atoms with E-state index < -0.39 is 5.97 Å². The number of aliphatic carboxylic acids is 1. The molecule has 0 spiro atoms. The predicted molar refractivity (Wildman–Crippen MR) is 66.9 cm³/mol. The zero-order valence-corrected chi connectivity index (χ0v) is 10.7. The highest BCUT2D eigenvalue weighted by atomic mass is 79.9. The summed E-state index contributed by atoms with van der Waals surface area (Å²) < 4.78 is 0.933. The first-order chi connectivity index (χ1) is 8.08. The van der Waals surface area contributed by atoms with E-state index in [9.17, 15) is 9.59 Å². The predicted octanol–water partition coefficient (Wildman–Crippen LogP) is 2.42. The van der Waals surface area contributed by atoms with Crippen molar-refractivity contribution in [3.63, 3.8) is 0 Å². The van der Waals surface area contributed by atoms with Crippen LogP contribution in [0.1, 0.15) is 19.3 Å². The largest absolute Gasteiger partial charge is 0.481 e. The van der Waals surface area contributed by atoms with Gasteiger partial charge in [-0.25, -0.2) is 0 Å². The molecule has 1 atom stereocenters. The minimum atomic E-state index is -0.869. The lowest BCUT2D eigenvalue weighted by molar-refractivity contribution is -0.137. The molecule has 4 nitrogen and oxygen atoms in total. The molecule has 1 N–H and O–H groups in total. The molecule has 0 aliphatic carbocycles. The summed E-state index contributed by atoms with van der Waals surface area (Å²) in [7, 11) is 0. The number of nitrogens with zero attached hydrogens (tertiary/aromatic N) is 1. The van der Waals surface area contributed by atoms with Crippen molar-refractivity contribution in [2.45, 2.75) is 25.3 Å². The Morgan fingerprint density at radius 2 is 2.06 bits per heavy atom. The fraction of sp³-hybridized carbons (Fsp3) is 0.333. The lowest BCUT2D eigenvalue weighted by Crippen LogP contribution is -2.34. The Bertz CT molecular complexity index is 444. The topological polar surface area (TPSA) is 57.6 Å². The van der Waals surface area contributed by atoms with Gasteiger partial charge in [0.15, 0.2) is 0 Å². The molecule has 1 fully saturated rings. The minimum Gasteiger partial charge on any atom is -0.481 e. The third kappa shape index (κ3) is 2.66. The number of hydrogen-bond acceptors (Lipinski definition) is 2. The van der Waals surface area contributed by atoms with Gasteiger partial charge >= 0.3 is 5.97 Å². The van der Waals surface area contributed by atoms with E-state index in [1.807, 2.05) is 24.3 Å². The van der Waals surface area contributed by atoms with Gasteiger partial charge in [0.1, 0.15) is 0 Å². The molecule has 1 amide bonds. The molecule has 1 unspecified atom stereocenters. The van der Waals surface area contributed by atoms with Crippen LogP contribution in [0.2, 0.25) is 0 Å². The third-order valence-electron chi connectivity index (χ3n) is 2.84. The average Bonchev–Trinajstić information content (AvgIpc) is 2.61. The van der Waals surface area contributed by atoms with Gasteiger partial charge in [-0.15, -0.1) is 0 Å². The lowest BCUT2D eigenvalue weighted by Gasteiger charge is -2.23. The second-order valence-corrected chi connectivity index (χ2v) is 4.95. The Morgan fingerprint density at radius 1 is 1.41 bits per heavy atom. The average molecular weight is 298 g/mol. The van der Waals surface area contributed by atoms with Crippen LogP contribution in [-0.2, 0) is 9.59 Å². The highest BCUT2D eigenvalue weighted by molar-refractivity contribution is 9.10. The number of hydrogen-bond donors (Lipinski definition) is 1. The monoisotopic (exact) mass is 297 g/mol. The van der Waals surface area contributed by atoms with Crippen molar-refractivity contribution in [3.05, 3.63) is 28.7 Å². The maximum Gasteiger partial charge on any atom is 0.305 e. The Morgan fingerprint density at radius 3 is 2.65 bits per heavy atom. The number of carboxylic acid groups (broad SMARTS) is 1. The van der Waals surface area contributed by atoms with E-state index >= 15 is 0 Å². The van der Waals surface area contributed by atoms with Crippen LogP contribution < -0.4 is 4.90 Å². The van der Waals surface area contributed by atoms with Gasteiger partial charge in [-0.3, -0.25) is 9.59 Å². The normalized spacial score (nSPS) is 19.7. The van der Waals surface area contributed by atoms with Gasteiger partial charge in [0.05, 0.1) is 6.42 Å². The van der Waals surface area contributed by atoms with E-state index in [0.717, 1.165) is 10.2 Å². The van der Waals surface area contributed by atoms with Crippen molar-refractivity contribution in [1.82, 2.24) is 0 Å². The number of anilines is 1. The molecule has 1 saturated heterocycles. The summed E-state index contributed by atoms with van der Waals surface area (Å²) in [6.07, 6.45) is 1.04. The van der Waals surface area contributed by atoms with E-state index in [0.29, 0.717) is 12.8 Å². The first-order valence-electron chi connectivity index (χ1n) is 5.37. The van der Waals surface area contributed by atoms with Crippen molar-refractivity contribution in [2.24, 2.45) is 0 Å². The van der Waals surface area contributed by atoms with Crippen LogP contribution in [0.3, 0.4) is 0 Å². The molecule has 1 aliphatic heterocycles. The molecule has 5 heteroatoms. The third-order valence-corrected chi connectivity index (χ3v) is 3.37. The molecule has 1 aliphatic rings. The van der Waals surface area contributed by atoms with E-state index in [1.165, 1.54) is 0 Å². The second kappa shape index (κ2) is 4.87. The number of rotatable bonds is 3. The van der Waals surface area contributed by atoms with Crippen molar-refractivity contribution in [1.29, 1.82) is 0 Å². The van der Waals surface area contributed by atoms with Crippen LogP contribution >= 0.6 is 15.9 Å². The zero-order valence-electron chi connectivity index (χ0n) is 9.10. The molecular weight excluding hydrogens is 286 g/mol. The maximum atomic E-state index is 11.8. The fourth-order valence-electron chi connectivity index (χ4n) is 2.09. The maximum absolute atomic E-state index is 11.8. The van der Waals surface area contributed by atoms with E-state index in [2.05, 4.69) is 15.9 Å². The van der Waals surface area contributed by atoms with Crippen molar-refractivity contribution in [3.8, 4) is 0 Å².